The molecule has 0 aliphatic heterocycles. The second-order valence-corrected chi connectivity index (χ2v) is 4.21. The van der Waals surface area contributed by atoms with Crippen LogP contribution in [-0.4, -0.2) is 10.6 Å². The van der Waals surface area contributed by atoms with E-state index in [1.165, 1.54) is 24.3 Å². The highest BCUT2D eigenvalue weighted by molar-refractivity contribution is 5.99. The Morgan fingerprint density at radius 1 is 1.19 bits per heavy atom. The van der Waals surface area contributed by atoms with Crippen molar-refractivity contribution in [1.82, 2.24) is 0 Å². The summed E-state index contributed by atoms with van der Waals surface area (Å²) in [5, 5.41) is 14.8. The highest BCUT2D eigenvalue weighted by Crippen LogP contribution is 2.23. The summed E-state index contributed by atoms with van der Waals surface area (Å²) in [5.74, 6) is -1.93. The van der Waals surface area contributed by atoms with Crippen molar-refractivity contribution in [2.75, 3.05) is 5.43 Å². The lowest BCUT2D eigenvalue weighted by molar-refractivity contribution is -0.384. The third-order valence-electron chi connectivity index (χ3n) is 2.78. The molecule has 0 aliphatic carbocycles. The molecule has 0 atom stereocenters. The van der Waals surface area contributed by atoms with Crippen LogP contribution in [0.25, 0.3) is 0 Å². The minimum atomic E-state index is -0.979. The minimum Gasteiger partial charge on any atom is -0.271 e. The van der Waals surface area contributed by atoms with Gasteiger partial charge < -0.3 is 0 Å². The zero-order chi connectivity index (χ0) is 15.4. The minimum absolute atomic E-state index is 0.126. The second kappa shape index (κ2) is 6.08. The van der Waals surface area contributed by atoms with Gasteiger partial charge in [-0.1, -0.05) is 12.1 Å². The van der Waals surface area contributed by atoms with Crippen LogP contribution in [0, 0.1) is 21.7 Å². The predicted octanol–water partition coefficient (Wildman–Crippen LogP) is 3.71. The third kappa shape index (κ3) is 3.38. The lowest BCUT2D eigenvalue weighted by Gasteiger charge is -2.05. The Hall–Kier alpha value is -2.83. The zero-order valence-electron chi connectivity index (χ0n) is 11.0. The van der Waals surface area contributed by atoms with E-state index in [0.29, 0.717) is 11.3 Å². The normalized spacial score (nSPS) is 11.3. The highest BCUT2D eigenvalue weighted by Gasteiger charge is 2.11. The van der Waals surface area contributed by atoms with Crippen LogP contribution in [0.1, 0.15) is 12.5 Å². The van der Waals surface area contributed by atoms with Gasteiger partial charge in [0.05, 0.1) is 10.6 Å². The van der Waals surface area contributed by atoms with Gasteiger partial charge in [-0.3, -0.25) is 15.5 Å². The molecule has 1 N–H and O–H groups in total. The van der Waals surface area contributed by atoms with Gasteiger partial charge in [0.1, 0.15) is 5.69 Å². The summed E-state index contributed by atoms with van der Waals surface area (Å²) >= 11 is 0. The van der Waals surface area contributed by atoms with Gasteiger partial charge in [-0.05, 0) is 31.2 Å². The van der Waals surface area contributed by atoms with E-state index in [1.807, 2.05) is 0 Å². The number of rotatable bonds is 4. The molecule has 0 spiro atoms. The van der Waals surface area contributed by atoms with Gasteiger partial charge in [0, 0.05) is 11.6 Å². The summed E-state index contributed by atoms with van der Waals surface area (Å²) in [5.41, 5.74) is 3.39. The van der Waals surface area contributed by atoms with Gasteiger partial charge in [-0.2, -0.15) is 5.10 Å². The Morgan fingerprint density at radius 2 is 1.90 bits per heavy atom. The average molecular weight is 291 g/mol. The molecule has 0 bridgehead atoms. The maximum atomic E-state index is 13.1. The quantitative estimate of drug-likeness (QED) is 0.530. The predicted molar refractivity (Wildman–Crippen MR) is 75.3 cm³/mol. The smallest absolute Gasteiger partial charge is 0.271 e. The fourth-order valence-corrected chi connectivity index (χ4v) is 1.66. The highest BCUT2D eigenvalue weighted by atomic mass is 19.2. The summed E-state index contributed by atoms with van der Waals surface area (Å²) in [7, 11) is 0. The van der Waals surface area contributed by atoms with Gasteiger partial charge in [0.15, 0.2) is 11.6 Å². The average Bonchev–Trinajstić information content (AvgIpc) is 2.47. The number of nitrogens with one attached hydrogen (secondary N) is 1. The van der Waals surface area contributed by atoms with E-state index in [2.05, 4.69) is 10.5 Å². The molecule has 2 aromatic carbocycles. The van der Waals surface area contributed by atoms with Crippen LogP contribution in [0.3, 0.4) is 0 Å². The number of nitrogens with zero attached hydrogens (tertiary/aromatic N) is 2. The van der Waals surface area contributed by atoms with Gasteiger partial charge in [-0.25, -0.2) is 8.78 Å². The monoisotopic (exact) mass is 291 g/mol. The topological polar surface area (TPSA) is 67.5 Å². The fourth-order valence-electron chi connectivity index (χ4n) is 1.66. The van der Waals surface area contributed by atoms with E-state index in [0.717, 1.165) is 12.1 Å². The maximum absolute atomic E-state index is 13.1. The van der Waals surface area contributed by atoms with E-state index in [-0.39, 0.29) is 11.4 Å². The molecular formula is C14H11F2N3O2. The first-order chi connectivity index (χ1) is 9.99. The molecule has 0 aromatic heterocycles. The summed E-state index contributed by atoms with van der Waals surface area (Å²) in [4.78, 5) is 10.3. The molecule has 0 saturated carbocycles. The Balaban J connectivity index is 2.24. The van der Waals surface area contributed by atoms with Crippen molar-refractivity contribution < 1.29 is 13.7 Å². The number of hydrogen-bond donors (Lipinski definition) is 1. The molecule has 0 fully saturated rings. The fraction of sp³-hybridized carbons (Fsp3) is 0.0714. The molecule has 0 unspecified atom stereocenters. The molecule has 2 aromatic rings. The third-order valence-corrected chi connectivity index (χ3v) is 2.78. The van der Waals surface area contributed by atoms with Crippen LogP contribution in [0.15, 0.2) is 47.6 Å². The van der Waals surface area contributed by atoms with Gasteiger partial charge >= 0.3 is 0 Å². The molecule has 2 rings (SSSR count). The summed E-state index contributed by atoms with van der Waals surface area (Å²) < 4.78 is 26.0. The molecular weight excluding hydrogens is 280 g/mol. The Kier molecular flexibility index (Phi) is 4.22. The first-order valence-electron chi connectivity index (χ1n) is 5.98. The molecule has 0 heterocycles. The van der Waals surface area contributed by atoms with Gasteiger partial charge in [0.25, 0.3) is 5.69 Å². The van der Waals surface area contributed by atoms with Crippen molar-refractivity contribution in [3.8, 4) is 0 Å². The first-order valence-corrected chi connectivity index (χ1v) is 5.98. The molecule has 0 amide bonds. The summed E-state index contributed by atoms with van der Waals surface area (Å²) in [6, 6.07) is 9.38. The lowest BCUT2D eigenvalue weighted by atomic mass is 10.1. The van der Waals surface area contributed by atoms with E-state index < -0.39 is 16.6 Å². The van der Waals surface area contributed by atoms with E-state index in [1.54, 1.807) is 13.0 Å². The molecule has 108 valence electrons. The maximum Gasteiger partial charge on any atom is 0.294 e. The Labute approximate surface area is 119 Å². The van der Waals surface area contributed by atoms with Gasteiger partial charge in [-0.15, -0.1) is 0 Å². The number of hydrogen-bond acceptors (Lipinski definition) is 4. The number of halogens is 2. The number of hydrazone groups is 1. The van der Waals surface area contributed by atoms with E-state index in [4.69, 9.17) is 0 Å². The van der Waals surface area contributed by atoms with E-state index >= 15 is 0 Å². The molecule has 21 heavy (non-hydrogen) atoms. The van der Waals surface area contributed by atoms with Crippen molar-refractivity contribution in [2.24, 2.45) is 5.10 Å². The molecule has 7 heteroatoms. The van der Waals surface area contributed by atoms with Crippen molar-refractivity contribution in [3.63, 3.8) is 0 Å². The standard InChI is InChI=1S/C14H11F2N3O2/c1-9(10-6-7-11(15)12(16)8-10)17-18-13-4-2-3-5-14(13)19(20)21/h2-8,18H,1H3/b17-9-. The molecule has 5 nitrogen and oxygen atoms in total. The largest absolute Gasteiger partial charge is 0.294 e. The van der Waals surface area contributed by atoms with E-state index in [9.17, 15) is 18.9 Å². The van der Waals surface area contributed by atoms with Crippen molar-refractivity contribution in [1.29, 1.82) is 0 Å². The lowest BCUT2D eigenvalue weighted by Crippen LogP contribution is -2.02. The molecule has 0 radical (unpaired) electrons. The molecule has 0 saturated heterocycles. The van der Waals surface area contributed by atoms with Crippen molar-refractivity contribution >= 4 is 17.1 Å². The Morgan fingerprint density at radius 3 is 2.57 bits per heavy atom. The van der Waals surface area contributed by atoms with Crippen molar-refractivity contribution in [3.05, 3.63) is 69.8 Å². The summed E-state index contributed by atoms with van der Waals surface area (Å²) in [6.07, 6.45) is 0. The first kappa shape index (κ1) is 14.6. The van der Waals surface area contributed by atoms with Crippen LogP contribution < -0.4 is 5.43 Å². The van der Waals surface area contributed by atoms with Crippen LogP contribution in [0.4, 0.5) is 20.2 Å². The number of benzene rings is 2. The molecule has 0 aliphatic rings. The number of anilines is 1. The summed E-state index contributed by atoms with van der Waals surface area (Å²) in [6.45, 7) is 1.58. The van der Waals surface area contributed by atoms with Crippen LogP contribution in [0.2, 0.25) is 0 Å². The number of nitro benzene ring substituents is 1. The van der Waals surface area contributed by atoms with Crippen LogP contribution >= 0.6 is 0 Å². The van der Waals surface area contributed by atoms with Crippen LogP contribution in [-0.2, 0) is 0 Å². The number of nitro groups is 1. The van der Waals surface area contributed by atoms with Crippen LogP contribution in [0.5, 0.6) is 0 Å². The van der Waals surface area contributed by atoms with Crippen molar-refractivity contribution in [2.45, 2.75) is 6.92 Å². The van der Waals surface area contributed by atoms with Gasteiger partial charge in [0.2, 0.25) is 0 Å². The number of para-hydroxylation sites is 2. The zero-order valence-corrected chi connectivity index (χ0v) is 11.0. The second-order valence-electron chi connectivity index (χ2n) is 4.21. The Bertz CT molecular complexity index is 717. The SMILES string of the molecule is C/C(=N/Nc1ccccc1[N+](=O)[O-])c1ccc(F)c(F)c1.